The molecule has 0 saturated heterocycles. The molecule has 0 aliphatic heterocycles. The number of hydrogen-bond donors (Lipinski definition) is 2. The van der Waals surface area contributed by atoms with Gasteiger partial charge in [0.25, 0.3) is 0 Å². The minimum atomic E-state index is -0.292. The van der Waals surface area contributed by atoms with Crippen LogP contribution in [0.4, 0.5) is 0 Å². The van der Waals surface area contributed by atoms with Crippen LogP contribution in [0.1, 0.15) is 50.1 Å². The van der Waals surface area contributed by atoms with Gasteiger partial charge in [0.05, 0.1) is 11.4 Å². The predicted molar refractivity (Wildman–Crippen MR) is 124 cm³/mol. The number of carbonyl (C=O) groups is 1. The van der Waals surface area contributed by atoms with Gasteiger partial charge in [0.15, 0.2) is 0 Å². The first kappa shape index (κ1) is 23.0. The molecule has 0 saturated carbocycles. The second-order valence-corrected chi connectivity index (χ2v) is 7.63. The number of ether oxygens (including phenoxy) is 1. The first-order valence-corrected chi connectivity index (χ1v) is 10.8. The normalized spacial score (nSPS) is 11.0. The van der Waals surface area contributed by atoms with Gasteiger partial charge in [0.1, 0.15) is 17.8 Å². The molecule has 3 rings (SSSR count). The Morgan fingerprint density at radius 2 is 1.66 bits per heavy atom. The molecular formula is C24H29N5O3. The summed E-state index contributed by atoms with van der Waals surface area (Å²) < 4.78 is 8.30. The maximum absolute atomic E-state index is 13.0. The van der Waals surface area contributed by atoms with Gasteiger partial charge in [-0.15, -0.1) is 5.10 Å². The smallest absolute Gasteiger partial charge is 0.355 e. The van der Waals surface area contributed by atoms with Gasteiger partial charge < -0.3 is 10.5 Å². The van der Waals surface area contributed by atoms with E-state index in [4.69, 9.17) is 15.9 Å². The third kappa shape index (κ3) is 5.14. The van der Waals surface area contributed by atoms with Crippen LogP contribution in [0.15, 0.2) is 53.3 Å². The molecule has 8 nitrogen and oxygen atoms in total. The summed E-state index contributed by atoms with van der Waals surface area (Å²) in [7, 11) is 0. The van der Waals surface area contributed by atoms with Crippen molar-refractivity contribution in [2.24, 2.45) is 5.73 Å². The number of aromatic nitrogens is 3. The zero-order chi connectivity index (χ0) is 23.3. The molecule has 0 unspecified atom stereocenters. The van der Waals surface area contributed by atoms with Crippen LogP contribution in [0.2, 0.25) is 0 Å². The number of nitrogens with one attached hydrogen (secondary N) is 1. The lowest BCUT2D eigenvalue weighted by Gasteiger charge is -2.13. The van der Waals surface area contributed by atoms with Crippen LogP contribution in [-0.2, 0) is 16.0 Å². The van der Waals surface area contributed by atoms with Crippen molar-refractivity contribution in [2.45, 2.75) is 52.6 Å². The van der Waals surface area contributed by atoms with Crippen LogP contribution >= 0.6 is 0 Å². The monoisotopic (exact) mass is 435 g/mol. The molecule has 0 radical (unpaired) electrons. The van der Waals surface area contributed by atoms with Crippen LogP contribution in [0.25, 0.3) is 11.4 Å². The Kier molecular flexibility index (Phi) is 7.25. The van der Waals surface area contributed by atoms with Crippen LogP contribution in [0, 0.1) is 12.3 Å². The fourth-order valence-corrected chi connectivity index (χ4v) is 3.47. The van der Waals surface area contributed by atoms with E-state index in [-0.39, 0.29) is 23.6 Å². The summed E-state index contributed by atoms with van der Waals surface area (Å²) in [5.74, 6) is 0.327. The van der Waals surface area contributed by atoms with E-state index in [9.17, 15) is 9.59 Å². The van der Waals surface area contributed by atoms with Crippen molar-refractivity contribution in [2.75, 3.05) is 0 Å². The van der Waals surface area contributed by atoms with E-state index in [1.54, 1.807) is 31.2 Å². The number of esters is 1. The molecule has 0 fully saturated rings. The molecule has 32 heavy (non-hydrogen) atoms. The quantitative estimate of drug-likeness (QED) is 0.304. The van der Waals surface area contributed by atoms with E-state index in [1.165, 1.54) is 9.25 Å². The Bertz CT molecular complexity index is 1140. The molecule has 1 heterocycles. The highest BCUT2D eigenvalue weighted by atomic mass is 16.5. The topological polar surface area (TPSA) is 116 Å². The van der Waals surface area contributed by atoms with Crippen molar-refractivity contribution in [1.29, 1.82) is 5.41 Å². The minimum Gasteiger partial charge on any atom is -0.462 e. The molecule has 0 bridgehead atoms. The molecule has 8 heteroatoms. The van der Waals surface area contributed by atoms with Crippen LogP contribution in [0.3, 0.4) is 0 Å². The third-order valence-corrected chi connectivity index (χ3v) is 5.38. The maximum Gasteiger partial charge on any atom is 0.355 e. The number of aryl methyl sites for hydroxylation is 2. The van der Waals surface area contributed by atoms with Crippen molar-refractivity contribution in [3.8, 4) is 11.4 Å². The average Bonchev–Trinajstić information content (AvgIpc) is 3.10. The predicted octanol–water partition coefficient (Wildman–Crippen LogP) is 3.28. The van der Waals surface area contributed by atoms with Crippen molar-refractivity contribution in [3.05, 3.63) is 76.0 Å². The Hall–Kier alpha value is -3.68. The summed E-state index contributed by atoms with van der Waals surface area (Å²) >= 11 is 0. The van der Waals surface area contributed by atoms with Gasteiger partial charge in [0, 0.05) is 12.0 Å². The summed E-state index contributed by atoms with van der Waals surface area (Å²) in [5.41, 5.74) is 8.06. The lowest BCUT2D eigenvalue weighted by Crippen LogP contribution is -2.23. The molecule has 3 N–H and O–H groups in total. The van der Waals surface area contributed by atoms with E-state index in [0.29, 0.717) is 35.6 Å². The molecule has 0 aliphatic carbocycles. The van der Waals surface area contributed by atoms with Crippen molar-refractivity contribution in [3.63, 3.8) is 0 Å². The van der Waals surface area contributed by atoms with E-state index >= 15 is 0 Å². The van der Waals surface area contributed by atoms with Gasteiger partial charge in [0.2, 0.25) is 0 Å². The first-order valence-electron chi connectivity index (χ1n) is 10.8. The Morgan fingerprint density at radius 3 is 2.22 bits per heavy atom. The number of nitrogens with two attached hydrogens (primary N) is 1. The second kappa shape index (κ2) is 10.1. The van der Waals surface area contributed by atoms with Crippen molar-refractivity contribution < 1.29 is 9.53 Å². The SMILES string of the molecule is CCC(CC)OC(=O)CCc1ccc(-n2c(C)nn(-c3ccc(C(=N)N)cc3)c2=O)cc1. The van der Waals surface area contributed by atoms with Gasteiger partial charge in [-0.2, -0.15) is 4.68 Å². The van der Waals surface area contributed by atoms with Crippen LogP contribution < -0.4 is 11.4 Å². The number of carbonyl (C=O) groups excluding carboxylic acids is 1. The Labute approximate surface area is 187 Å². The standard InChI is InChI=1S/C24H29N5O3/c1-4-21(5-2)32-22(30)15-8-17-6-11-19(12-7-17)28-16(3)27-29(24(28)31)20-13-9-18(10-14-20)23(25)26/h6-7,9-14,21H,4-5,8,15H2,1-3H3,(H3,25,26). The number of amidine groups is 1. The minimum absolute atomic E-state index is 0.0186. The molecule has 0 amide bonds. The van der Waals surface area contributed by atoms with Crippen LogP contribution in [0.5, 0.6) is 0 Å². The van der Waals surface area contributed by atoms with Crippen molar-refractivity contribution in [1.82, 2.24) is 14.3 Å². The second-order valence-electron chi connectivity index (χ2n) is 7.63. The molecule has 2 aromatic carbocycles. The zero-order valence-corrected chi connectivity index (χ0v) is 18.7. The van der Waals surface area contributed by atoms with Gasteiger partial charge in [-0.05, 0) is 68.1 Å². The van der Waals surface area contributed by atoms with E-state index in [1.807, 2.05) is 38.1 Å². The number of benzene rings is 2. The highest BCUT2D eigenvalue weighted by Crippen LogP contribution is 2.14. The van der Waals surface area contributed by atoms with Gasteiger partial charge in [-0.1, -0.05) is 26.0 Å². The fourth-order valence-electron chi connectivity index (χ4n) is 3.47. The molecule has 0 atom stereocenters. The van der Waals surface area contributed by atoms with Crippen LogP contribution in [-0.4, -0.2) is 32.3 Å². The van der Waals surface area contributed by atoms with Gasteiger partial charge >= 0.3 is 11.7 Å². The van der Waals surface area contributed by atoms with Crippen molar-refractivity contribution >= 4 is 11.8 Å². The highest BCUT2D eigenvalue weighted by molar-refractivity contribution is 5.95. The number of nitrogen functional groups attached to an aromatic ring is 1. The highest BCUT2D eigenvalue weighted by Gasteiger charge is 2.14. The third-order valence-electron chi connectivity index (χ3n) is 5.38. The summed E-state index contributed by atoms with van der Waals surface area (Å²) in [6.07, 6.45) is 2.52. The molecule has 1 aromatic heterocycles. The Morgan fingerprint density at radius 1 is 1.06 bits per heavy atom. The molecule has 3 aromatic rings. The number of nitrogens with zero attached hydrogens (tertiary/aromatic N) is 3. The molecule has 0 aliphatic rings. The van der Waals surface area contributed by atoms with E-state index in [2.05, 4.69) is 5.10 Å². The summed E-state index contributed by atoms with van der Waals surface area (Å²) in [5, 5.41) is 11.9. The summed E-state index contributed by atoms with van der Waals surface area (Å²) in [4.78, 5) is 25.0. The zero-order valence-electron chi connectivity index (χ0n) is 18.7. The summed E-state index contributed by atoms with van der Waals surface area (Å²) in [6.45, 7) is 5.78. The fraction of sp³-hybridized carbons (Fsp3) is 0.333. The summed E-state index contributed by atoms with van der Waals surface area (Å²) in [6, 6.07) is 14.3. The molecule has 0 spiro atoms. The Balaban J connectivity index is 1.74. The number of rotatable bonds is 9. The van der Waals surface area contributed by atoms with Gasteiger partial charge in [-0.3, -0.25) is 10.2 Å². The first-order chi connectivity index (χ1) is 15.3. The lowest BCUT2D eigenvalue weighted by atomic mass is 10.1. The van der Waals surface area contributed by atoms with E-state index < -0.39 is 0 Å². The number of hydrogen-bond acceptors (Lipinski definition) is 5. The largest absolute Gasteiger partial charge is 0.462 e. The molecule has 168 valence electrons. The molecular weight excluding hydrogens is 406 g/mol. The van der Waals surface area contributed by atoms with Gasteiger partial charge in [-0.25, -0.2) is 9.36 Å². The lowest BCUT2D eigenvalue weighted by molar-refractivity contribution is -0.149. The van der Waals surface area contributed by atoms with E-state index in [0.717, 1.165) is 18.4 Å². The average molecular weight is 436 g/mol. The maximum atomic E-state index is 13.0.